The molecule has 3 heterocycles. The first-order chi connectivity index (χ1) is 11.3. The minimum Gasteiger partial charge on any atom is -0.369 e. The summed E-state index contributed by atoms with van der Waals surface area (Å²) in [6.07, 6.45) is 0.623. The van der Waals surface area contributed by atoms with Gasteiger partial charge in [-0.25, -0.2) is 4.98 Å². The van der Waals surface area contributed by atoms with Crippen LogP contribution in [-0.2, 0) is 11.8 Å². The molecular weight excluding hydrogens is 306 g/mol. The second-order valence-corrected chi connectivity index (χ2v) is 6.80. The highest BCUT2D eigenvalue weighted by atomic mass is 16.2. The van der Waals surface area contributed by atoms with E-state index in [1.165, 1.54) is 0 Å². The largest absolute Gasteiger partial charge is 0.369 e. The molecule has 2 N–H and O–H groups in total. The van der Waals surface area contributed by atoms with Crippen LogP contribution in [0.4, 0.5) is 0 Å². The lowest BCUT2D eigenvalue weighted by Crippen LogP contribution is -2.32. The van der Waals surface area contributed by atoms with Crippen LogP contribution >= 0.6 is 0 Å². The van der Waals surface area contributed by atoms with E-state index in [1.807, 2.05) is 33.9 Å². The summed E-state index contributed by atoms with van der Waals surface area (Å²) >= 11 is 0. The fourth-order valence-corrected chi connectivity index (χ4v) is 3.28. The number of carbonyl (C=O) groups excluding carboxylic acids is 2. The molecule has 1 saturated heterocycles. The maximum absolute atomic E-state index is 13.1. The van der Waals surface area contributed by atoms with Crippen molar-refractivity contribution >= 4 is 22.8 Å². The summed E-state index contributed by atoms with van der Waals surface area (Å²) in [6, 6.07) is 1.86. The highest BCUT2D eigenvalue weighted by Crippen LogP contribution is 2.27. The first-order valence-corrected chi connectivity index (χ1v) is 8.22. The second-order valence-electron chi connectivity index (χ2n) is 6.80. The zero-order valence-corrected chi connectivity index (χ0v) is 14.5. The van der Waals surface area contributed by atoms with E-state index in [9.17, 15) is 9.59 Å². The van der Waals surface area contributed by atoms with E-state index in [0.29, 0.717) is 30.7 Å². The van der Waals surface area contributed by atoms with Crippen LogP contribution < -0.4 is 5.73 Å². The zero-order valence-electron chi connectivity index (χ0n) is 14.5. The first kappa shape index (κ1) is 16.4. The van der Waals surface area contributed by atoms with Crippen LogP contribution in [0, 0.1) is 12.8 Å². The third kappa shape index (κ3) is 2.64. The lowest BCUT2D eigenvalue weighted by Gasteiger charge is -2.18. The smallest absolute Gasteiger partial charge is 0.254 e. The summed E-state index contributed by atoms with van der Waals surface area (Å²) < 4.78 is 1.71. The Morgan fingerprint density at radius 3 is 2.67 bits per heavy atom. The van der Waals surface area contributed by atoms with Crippen LogP contribution in [0.25, 0.3) is 11.0 Å². The predicted molar refractivity (Wildman–Crippen MR) is 90.5 cm³/mol. The molecule has 2 aromatic rings. The van der Waals surface area contributed by atoms with Crippen LogP contribution in [0.15, 0.2) is 6.07 Å². The molecule has 0 spiro atoms. The molecule has 1 atom stereocenters. The van der Waals surface area contributed by atoms with Gasteiger partial charge in [-0.05, 0) is 25.3 Å². The van der Waals surface area contributed by atoms with Crippen LogP contribution in [-0.4, -0.2) is 44.6 Å². The number of hydrogen-bond donors (Lipinski definition) is 1. The standard InChI is InChI=1S/C17H23N5O2/c1-9(2)13-7-12(14-10(3)20-21(4)16(14)19-13)17(24)22-6-5-11(8-22)15(18)23/h7,9,11H,5-6,8H2,1-4H3,(H2,18,23)/t11-/m1/s1. The molecule has 1 aliphatic heterocycles. The number of primary amides is 1. The zero-order chi connectivity index (χ0) is 17.6. The molecule has 1 fully saturated rings. The van der Waals surface area contributed by atoms with E-state index >= 15 is 0 Å². The molecule has 24 heavy (non-hydrogen) atoms. The Morgan fingerprint density at radius 2 is 2.08 bits per heavy atom. The number of rotatable bonds is 3. The molecule has 3 rings (SSSR count). The van der Waals surface area contributed by atoms with Gasteiger partial charge in [-0.15, -0.1) is 0 Å². The molecule has 128 valence electrons. The molecule has 0 aliphatic carbocycles. The molecule has 0 saturated carbocycles. The molecule has 0 radical (unpaired) electrons. The van der Waals surface area contributed by atoms with Gasteiger partial charge in [0.25, 0.3) is 5.91 Å². The number of likely N-dealkylation sites (tertiary alicyclic amines) is 1. The molecule has 0 bridgehead atoms. The number of hydrogen-bond acceptors (Lipinski definition) is 4. The summed E-state index contributed by atoms with van der Waals surface area (Å²) in [5.41, 5.74) is 8.35. The monoisotopic (exact) mass is 329 g/mol. The van der Waals surface area contributed by atoms with Crippen molar-refractivity contribution in [1.82, 2.24) is 19.7 Å². The number of amides is 2. The number of carbonyl (C=O) groups is 2. The molecule has 7 heteroatoms. The van der Waals surface area contributed by atoms with Gasteiger partial charge in [0.2, 0.25) is 5.91 Å². The Bertz CT molecular complexity index is 824. The number of nitrogens with two attached hydrogens (primary N) is 1. The van der Waals surface area contributed by atoms with Crippen molar-refractivity contribution in [2.45, 2.75) is 33.1 Å². The molecule has 7 nitrogen and oxygen atoms in total. The summed E-state index contributed by atoms with van der Waals surface area (Å²) in [7, 11) is 1.83. The number of fused-ring (bicyclic) bond motifs is 1. The average molecular weight is 329 g/mol. The Kier molecular flexibility index (Phi) is 4.03. The van der Waals surface area contributed by atoms with Gasteiger partial charge in [0.15, 0.2) is 5.65 Å². The summed E-state index contributed by atoms with van der Waals surface area (Å²) in [5, 5.41) is 5.20. The van der Waals surface area contributed by atoms with E-state index in [0.717, 1.165) is 16.8 Å². The third-order valence-corrected chi connectivity index (χ3v) is 4.69. The molecular formula is C17H23N5O2. The Hall–Kier alpha value is -2.44. The van der Waals surface area contributed by atoms with Gasteiger partial charge in [-0.1, -0.05) is 13.8 Å². The third-order valence-electron chi connectivity index (χ3n) is 4.69. The molecule has 2 aromatic heterocycles. The quantitative estimate of drug-likeness (QED) is 0.919. The van der Waals surface area contributed by atoms with Crippen LogP contribution in [0.5, 0.6) is 0 Å². The summed E-state index contributed by atoms with van der Waals surface area (Å²) in [5.74, 6) is -0.478. The van der Waals surface area contributed by atoms with E-state index in [4.69, 9.17) is 5.73 Å². The Morgan fingerprint density at radius 1 is 1.38 bits per heavy atom. The molecule has 2 amide bonds. The van der Waals surface area contributed by atoms with Gasteiger partial charge in [-0.3, -0.25) is 14.3 Å². The Balaban J connectivity index is 2.08. The van der Waals surface area contributed by atoms with Gasteiger partial charge in [-0.2, -0.15) is 5.10 Å². The van der Waals surface area contributed by atoms with Gasteiger partial charge in [0.05, 0.1) is 22.6 Å². The lowest BCUT2D eigenvalue weighted by molar-refractivity contribution is -0.121. The number of aryl methyl sites for hydroxylation is 2. The predicted octanol–water partition coefficient (Wildman–Crippen LogP) is 1.35. The topological polar surface area (TPSA) is 94.1 Å². The number of aromatic nitrogens is 3. The van der Waals surface area contributed by atoms with E-state index in [2.05, 4.69) is 10.1 Å². The maximum Gasteiger partial charge on any atom is 0.254 e. The van der Waals surface area contributed by atoms with Gasteiger partial charge >= 0.3 is 0 Å². The highest BCUT2D eigenvalue weighted by molar-refractivity contribution is 6.06. The van der Waals surface area contributed by atoms with Crippen molar-refractivity contribution in [3.63, 3.8) is 0 Å². The minimum absolute atomic E-state index is 0.0795. The fourth-order valence-electron chi connectivity index (χ4n) is 3.28. The normalized spacial score (nSPS) is 17.9. The van der Waals surface area contributed by atoms with Crippen molar-refractivity contribution in [3.8, 4) is 0 Å². The van der Waals surface area contributed by atoms with E-state index < -0.39 is 0 Å². The van der Waals surface area contributed by atoms with Crippen LogP contribution in [0.1, 0.15) is 47.9 Å². The van der Waals surface area contributed by atoms with Crippen molar-refractivity contribution < 1.29 is 9.59 Å². The lowest BCUT2D eigenvalue weighted by atomic mass is 10.0. The van der Waals surface area contributed by atoms with Crippen molar-refractivity contribution in [2.24, 2.45) is 18.7 Å². The molecule has 0 aromatic carbocycles. The average Bonchev–Trinajstić information content (AvgIpc) is 3.12. The van der Waals surface area contributed by atoms with Crippen molar-refractivity contribution in [1.29, 1.82) is 0 Å². The number of pyridine rings is 1. The minimum atomic E-state index is -0.342. The summed E-state index contributed by atoms with van der Waals surface area (Å²) in [6.45, 7) is 6.90. The van der Waals surface area contributed by atoms with E-state index in [1.54, 1.807) is 9.58 Å². The maximum atomic E-state index is 13.1. The van der Waals surface area contributed by atoms with Crippen LogP contribution in [0.3, 0.4) is 0 Å². The Labute approximate surface area is 140 Å². The van der Waals surface area contributed by atoms with Crippen molar-refractivity contribution in [2.75, 3.05) is 13.1 Å². The summed E-state index contributed by atoms with van der Waals surface area (Å²) in [4.78, 5) is 30.8. The van der Waals surface area contributed by atoms with Gasteiger partial charge in [0, 0.05) is 25.8 Å². The molecule has 0 unspecified atom stereocenters. The van der Waals surface area contributed by atoms with Gasteiger partial charge < -0.3 is 10.6 Å². The fraction of sp³-hybridized carbons (Fsp3) is 0.529. The van der Waals surface area contributed by atoms with Crippen LogP contribution in [0.2, 0.25) is 0 Å². The van der Waals surface area contributed by atoms with Gasteiger partial charge in [0.1, 0.15) is 0 Å². The second kappa shape index (κ2) is 5.89. The van der Waals surface area contributed by atoms with E-state index in [-0.39, 0.29) is 23.7 Å². The number of nitrogens with zero attached hydrogens (tertiary/aromatic N) is 4. The highest BCUT2D eigenvalue weighted by Gasteiger charge is 2.32. The van der Waals surface area contributed by atoms with Crippen molar-refractivity contribution in [3.05, 3.63) is 23.0 Å². The first-order valence-electron chi connectivity index (χ1n) is 8.22. The SMILES string of the molecule is Cc1nn(C)c2nc(C(C)C)cc(C(=O)N3CC[C@@H](C(N)=O)C3)c12. The molecule has 1 aliphatic rings.